The Labute approximate surface area is 150 Å². The van der Waals surface area contributed by atoms with Gasteiger partial charge in [0.05, 0.1) is 4.90 Å². The fourth-order valence-corrected chi connectivity index (χ4v) is 4.25. The fraction of sp³-hybridized carbons (Fsp3) is 0.235. The number of hydrogen-bond donors (Lipinski definition) is 2. The number of amides is 1. The van der Waals surface area contributed by atoms with Gasteiger partial charge in [-0.1, -0.05) is 26.0 Å². The van der Waals surface area contributed by atoms with E-state index in [0.29, 0.717) is 27.8 Å². The molecule has 0 atom stereocenters. The third-order valence-corrected chi connectivity index (χ3v) is 5.69. The third-order valence-electron chi connectivity index (χ3n) is 4.30. The summed E-state index contributed by atoms with van der Waals surface area (Å²) in [5.41, 5.74) is 1.08. The molecule has 0 bridgehead atoms. The zero-order valence-electron chi connectivity index (χ0n) is 14.4. The topological polar surface area (TPSA) is 106 Å². The second kappa shape index (κ2) is 5.53. The number of benzene rings is 2. The van der Waals surface area contributed by atoms with E-state index in [0.717, 1.165) is 0 Å². The van der Waals surface area contributed by atoms with E-state index in [2.05, 4.69) is 20.1 Å². The molecule has 2 N–H and O–H groups in total. The number of rotatable bonds is 4. The van der Waals surface area contributed by atoms with Gasteiger partial charge in [-0.2, -0.15) is 10.1 Å². The first kappa shape index (κ1) is 16.5. The Bertz CT molecular complexity index is 1160. The first-order valence-corrected chi connectivity index (χ1v) is 9.57. The minimum absolute atomic E-state index is 0.0771. The molecule has 134 valence electrons. The minimum Gasteiger partial charge on any atom is -0.321 e. The lowest BCUT2D eigenvalue weighted by molar-refractivity contribution is 0.103. The average Bonchev–Trinajstić information content (AvgIpc) is 3.10. The number of anilines is 2. The molecule has 0 saturated carbocycles. The van der Waals surface area contributed by atoms with Crippen molar-refractivity contribution in [2.45, 2.75) is 24.7 Å². The van der Waals surface area contributed by atoms with Gasteiger partial charge < -0.3 is 5.32 Å². The molecule has 26 heavy (non-hydrogen) atoms. The van der Waals surface area contributed by atoms with Crippen molar-refractivity contribution in [3.63, 3.8) is 0 Å². The van der Waals surface area contributed by atoms with E-state index in [1.807, 2.05) is 13.8 Å². The van der Waals surface area contributed by atoms with Gasteiger partial charge in [0.2, 0.25) is 5.95 Å². The van der Waals surface area contributed by atoms with Crippen molar-refractivity contribution in [1.29, 1.82) is 0 Å². The SMILES string of the molecule is CC(C)c1nc(NS(=O)(=O)c2ccc3c4c(cccc24)C(=O)N3)n(C)n1. The molecule has 4 rings (SSSR count). The van der Waals surface area contributed by atoms with Crippen LogP contribution >= 0.6 is 0 Å². The van der Waals surface area contributed by atoms with Crippen LogP contribution in [-0.2, 0) is 17.1 Å². The van der Waals surface area contributed by atoms with E-state index in [1.165, 1.54) is 10.7 Å². The van der Waals surface area contributed by atoms with Gasteiger partial charge in [0, 0.05) is 35.0 Å². The number of hydrogen-bond acceptors (Lipinski definition) is 5. The fourth-order valence-electron chi connectivity index (χ4n) is 3.01. The predicted molar refractivity (Wildman–Crippen MR) is 97.8 cm³/mol. The number of nitrogens with zero attached hydrogens (tertiary/aromatic N) is 3. The van der Waals surface area contributed by atoms with Crippen LogP contribution < -0.4 is 10.0 Å². The number of aromatic nitrogens is 3. The Balaban J connectivity index is 1.83. The summed E-state index contributed by atoms with van der Waals surface area (Å²) in [5.74, 6) is 0.544. The van der Waals surface area contributed by atoms with E-state index in [9.17, 15) is 13.2 Å². The lowest BCUT2D eigenvalue weighted by atomic mass is 10.1. The van der Waals surface area contributed by atoms with Gasteiger partial charge in [-0.25, -0.2) is 17.8 Å². The Kier molecular flexibility index (Phi) is 3.52. The van der Waals surface area contributed by atoms with Crippen molar-refractivity contribution in [3.8, 4) is 0 Å². The van der Waals surface area contributed by atoms with Crippen LogP contribution in [0.25, 0.3) is 10.8 Å². The molecule has 0 spiro atoms. The molecular weight excluding hydrogens is 354 g/mol. The van der Waals surface area contributed by atoms with Gasteiger partial charge >= 0.3 is 0 Å². The van der Waals surface area contributed by atoms with Crippen molar-refractivity contribution < 1.29 is 13.2 Å². The van der Waals surface area contributed by atoms with Gasteiger partial charge in [0.25, 0.3) is 15.9 Å². The quantitative estimate of drug-likeness (QED) is 0.733. The monoisotopic (exact) mass is 371 g/mol. The first-order valence-electron chi connectivity index (χ1n) is 8.09. The molecular formula is C17H17N5O3S. The zero-order chi connectivity index (χ0) is 18.6. The molecule has 1 aliphatic heterocycles. The Morgan fingerprint density at radius 2 is 1.96 bits per heavy atom. The van der Waals surface area contributed by atoms with Crippen LogP contribution in [0.5, 0.6) is 0 Å². The minimum atomic E-state index is -3.91. The lowest BCUT2D eigenvalue weighted by Gasteiger charge is -2.10. The molecule has 9 heteroatoms. The molecule has 0 aliphatic carbocycles. The molecule has 2 aromatic carbocycles. The number of carbonyl (C=O) groups excluding carboxylic acids is 1. The summed E-state index contributed by atoms with van der Waals surface area (Å²) >= 11 is 0. The summed E-state index contributed by atoms with van der Waals surface area (Å²) in [5, 5.41) is 8.06. The zero-order valence-corrected chi connectivity index (χ0v) is 15.3. The summed E-state index contributed by atoms with van der Waals surface area (Å²) in [4.78, 5) is 16.4. The van der Waals surface area contributed by atoms with E-state index >= 15 is 0 Å². The predicted octanol–water partition coefficient (Wildman–Crippen LogP) is 2.46. The molecule has 3 aromatic rings. The van der Waals surface area contributed by atoms with Gasteiger partial charge in [-0.3, -0.25) is 4.79 Å². The van der Waals surface area contributed by atoms with Crippen molar-refractivity contribution >= 4 is 38.3 Å². The maximum Gasteiger partial charge on any atom is 0.264 e. The Morgan fingerprint density at radius 1 is 1.19 bits per heavy atom. The standard InChI is InChI=1S/C17H17N5O3S/c1-9(2)15-19-17(22(3)20-15)21-26(24,25)13-8-7-12-14-10(13)5-4-6-11(14)16(23)18-12/h4-9H,1-3H3,(H,18,23)(H,19,20,21). The van der Waals surface area contributed by atoms with Crippen LogP contribution in [0.2, 0.25) is 0 Å². The number of sulfonamides is 1. The van der Waals surface area contributed by atoms with Crippen LogP contribution in [0, 0.1) is 0 Å². The maximum absolute atomic E-state index is 13.0. The Hall–Kier alpha value is -2.94. The highest BCUT2D eigenvalue weighted by molar-refractivity contribution is 7.93. The summed E-state index contributed by atoms with van der Waals surface area (Å²) < 4.78 is 29.8. The van der Waals surface area contributed by atoms with Crippen LogP contribution in [0.3, 0.4) is 0 Å². The van der Waals surface area contributed by atoms with E-state index in [1.54, 1.807) is 31.3 Å². The molecule has 0 saturated heterocycles. The molecule has 0 radical (unpaired) electrons. The van der Waals surface area contributed by atoms with Crippen LogP contribution in [0.1, 0.15) is 35.9 Å². The highest BCUT2D eigenvalue weighted by Crippen LogP contribution is 2.36. The summed E-state index contributed by atoms with van der Waals surface area (Å²) in [7, 11) is -2.28. The molecule has 1 amide bonds. The normalized spacial score (nSPS) is 13.5. The molecule has 1 aromatic heterocycles. The maximum atomic E-state index is 13.0. The van der Waals surface area contributed by atoms with Gasteiger partial charge in [0.15, 0.2) is 5.82 Å². The first-order chi connectivity index (χ1) is 12.3. The van der Waals surface area contributed by atoms with E-state index < -0.39 is 10.0 Å². The summed E-state index contributed by atoms with van der Waals surface area (Å²) in [6, 6.07) is 8.12. The van der Waals surface area contributed by atoms with E-state index in [-0.39, 0.29) is 22.7 Å². The number of carbonyl (C=O) groups is 1. The smallest absolute Gasteiger partial charge is 0.264 e. The van der Waals surface area contributed by atoms with Gasteiger partial charge in [-0.05, 0) is 18.2 Å². The lowest BCUT2D eigenvalue weighted by Crippen LogP contribution is -2.16. The highest BCUT2D eigenvalue weighted by atomic mass is 32.2. The second-order valence-electron chi connectivity index (χ2n) is 6.47. The number of nitrogens with one attached hydrogen (secondary N) is 2. The van der Waals surface area contributed by atoms with Crippen LogP contribution in [-0.4, -0.2) is 29.1 Å². The van der Waals surface area contributed by atoms with Crippen molar-refractivity contribution in [2.75, 3.05) is 10.0 Å². The summed E-state index contributed by atoms with van der Waals surface area (Å²) in [6.07, 6.45) is 0. The number of aryl methyl sites for hydroxylation is 1. The van der Waals surface area contributed by atoms with Crippen molar-refractivity contribution in [1.82, 2.24) is 14.8 Å². The van der Waals surface area contributed by atoms with Crippen molar-refractivity contribution in [3.05, 3.63) is 41.7 Å². The third kappa shape index (κ3) is 2.43. The summed E-state index contributed by atoms with van der Waals surface area (Å²) in [6.45, 7) is 3.86. The van der Waals surface area contributed by atoms with Gasteiger partial charge in [0.1, 0.15) is 0 Å². The molecule has 8 nitrogen and oxygen atoms in total. The average molecular weight is 371 g/mol. The molecule has 1 aliphatic rings. The Morgan fingerprint density at radius 3 is 2.65 bits per heavy atom. The van der Waals surface area contributed by atoms with E-state index in [4.69, 9.17) is 0 Å². The molecule has 2 heterocycles. The molecule has 0 fully saturated rings. The molecule has 0 unspecified atom stereocenters. The van der Waals surface area contributed by atoms with Crippen LogP contribution in [0.4, 0.5) is 11.6 Å². The van der Waals surface area contributed by atoms with Crippen LogP contribution in [0.15, 0.2) is 35.2 Å². The van der Waals surface area contributed by atoms with Crippen molar-refractivity contribution in [2.24, 2.45) is 7.05 Å². The van der Waals surface area contributed by atoms with Gasteiger partial charge in [-0.15, -0.1) is 0 Å². The second-order valence-corrected chi connectivity index (χ2v) is 8.12. The largest absolute Gasteiger partial charge is 0.321 e. The highest BCUT2D eigenvalue weighted by Gasteiger charge is 2.27.